The fourth-order valence-electron chi connectivity index (χ4n) is 2.60. The fourth-order valence-corrected chi connectivity index (χ4v) is 4.11. The van der Waals surface area contributed by atoms with E-state index in [2.05, 4.69) is 70.1 Å². The molecule has 1 aliphatic rings. The fraction of sp³-hybridized carbons (Fsp3) is 0.647. The number of benzene rings is 1. The Morgan fingerprint density at radius 3 is 2.24 bits per heavy atom. The number of rotatable bonds is 5. The van der Waals surface area contributed by atoms with Gasteiger partial charge in [0.05, 0.1) is 15.6 Å². The van der Waals surface area contributed by atoms with Crippen LogP contribution in [0.3, 0.4) is 0 Å². The molecule has 0 spiro atoms. The van der Waals surface area contributed by atoms with Crippen molar-refractivity contribution in [3.8, 4) is 5.75 Å². The van der Waals surface area contributed by atoms with Crippen molar-refractivity contribution < 1.29 is 4.74 Å². The van der Waals surface area contributed by atoms with Crippen molar-refractivity contribution in [2.75, 3.05) is 6.61 Å². The monoisotopic (exact) mass is 417 g/mol. The van der Waals surface area contributed by atoms with Gasteiger partial charge in [-0.3, -0.25) is 0 Å². The third kappa shape index (κ3) is 5.57. The molecule has 1 fully saturated rings. The molecule has 0 aliphatic heterocycles. The highest BCUT2D eigenvalue weighted by Crippen LogP contribution is 2.36. The smallest absolute Gasteiger partial charge is 0.147 e. The van der Waals surface area contributed by atoms with Gasteiger partial charge in [-0.25, -0.2) is 0 Å². The van der Waals surface area contributed by atoms with Gasteiger partial charge >= 0.3 is 0 Å². The Kier molecular flexibility index (Phi) is 6.15. The Bertz CT molecular complexity index is 453. The van der Waals surface area contributed by atoms with E-state index in [4.69, 9.17) is 4.74 Å². The second-order valence-corrected chi connectivity index (χ2v) is 8.66. The Morgan fingerprint density at radius 1 is 1.14 bits per heavy atom. The normalized spacial score (nSPS) is 16.4. The van der Waals surface area contributed by atoms with Gasteiger partial charge in [0, 0.05) is 12.1 Å². The first-order chi connectivity index (χ1) is 9.85. The van der Waals surface area contributed by atoms with Crippen molar-refractivity contribution in [2.24, 2.45) is 5.92 Å². The number of hydrogen-bond donors (Lipinski definition) is 1. The zero-order chi connectivity index (χ0) is 15.5. The average molecular weight is 419 g/mol. The summed E-state index contributed by atoms with van der Waals surface area (Å²) in [6, 6.07) is 4.29. The second-order valence-electron chi connectivity index (χ2n) is 6.95. The van der Waals surface area contributed by atoms with Gasteiger partial charge in [0.15, 0.2) is 0 Å². The second kappa shape index (κ2) is 7.47. The number of halogens is 2. The van der Waals surface area contributed by atoms with E-state index in [1.165, 1.54) is 31.2 Å². The van der Waals surface area contributed by atoms with E-state index >= 15 is 0 Å². The van der Waals surface area contributed by atoms with Gasteiger partial charge in [0.1, 0.15) is 5.75 Å². The van der Waals surface area contributed by atoms with Crippen LogP contribution in [-0.4, -0.2) is 12.1 Å². The van der Waals surface area contributed by atoms with Crippen LogP contribution >= 0.6 is 31.9 Å². The maximum absolute atomic E-state index is 6.04. The van der Waals surface area contributed by atoms with Crippen molar-refractivity contribution in [2.45, 2.75) is 58.5 Å². The van der Waals surface area contributed by atoms with E-state index in [-0.39, 0.29) is 5.54 Å². The Morgan fingerprint density at radius 2 is 1.71 bits per heavy atom. The zero-order valence-electron chi connectivity index (χ0n) is 13.1. The Hall–Kier alpha value is -0.0600. The molecule has 0 amide bonds. The Labute approximate surface area is 145 Å². The molecule has 0 aromatic heterocycles. The first-order valence-electron chi connectivity index (χ1n) is 7.71. The first kappa shape index (κ1) is 17.3. The minimum Gasteiger partial charge on any atom is -0.491 e. The molecule has 0 heterocycles. The standard InChI is InChI=1S/C17H25Br2NO/c1-17(2,3)20-10-13-8-14(18)16(15(19)9-13)21-11-12-6-4-5-7-12/h8-9,12,20H,4-7,10-11H2,1-3H3. The Balaban J connectivity index is 1.99. The van der Waals surface area contributed by atoms with Crippen molar-refractivity contribution in [3.05, 3.63) is 26.6 Å². The SMILES string of the molecule is CC(C)(C)NCc1cc(Br)c(OCC2CCCC2)c(Br)c1. The highest BCUT2D eigenvalue weighted by Gasteiger charge is 2.17. The maximum atomic E-state index is 6.04. The zero-order valence-corrected chi connectivity index (χ0v) is 16.3. The van der Waals surface area contributed by atoms with Gasteiger partial charge in [-0.2, -0.15) is 0 Å². The summed E-state index contributed by atoms with van der Waals surface area (Å²) >= 11 is 7.29. The summed E-state index contributed by atoms with van der Waals surface area (Å²) < 4.78 is 8.09. The molecule has 0 unspecified atom stereocenters. The molecule has 1 aromatic carbocycles. The number of hydrogen-bond acceptors (Lipinski definition) is 2. The summed E-state index contributed by atoms with van der Waals surface area (Å²) in [4.78, 5) is 0. The molecular weight excluding hydrogens is 394 g/mol. The quantitative estimate of drug-likeness (QED) is 0.665. The molecule has 21 heavy (non-hydrogen) atoms. The lowest BCUT2D eigenvalue weighted by molar-refractivity contribution is 0.249. The molecule has 0 radical (unpaired) electrons. The summed E-state index contributed by atoms with van der Waals surface area (Å²) in [5, 5.41) is 3.51. The molecule has 0 bridgehead atoms. The van der Waals surface area contributed by atoms with E-state index < -0.39 is 0 Å². The number of nitrogens with one attached hydrogen (secondary N) is 1. The van der Waals surface area contributed by atoms with Crippen LogP contribution in [0.4, 0.5) is 0 Å². The molecular formula is C17H25Br2NO. The van der Waals surface area contributed by atoms with Crippen LogP contribution in [0.25, 0.3) is 0 Å². The van der Waals surface area contributed by atoms with E-state index in [0.29, 0.717) is 0 Å². The lowest BCUT2D eigenvalue weighted by Crippen LogP contribution is -2.35. The molecule has 1 N–H and O–H groups in total. The maximum Gasteiger partial charge on any atom is 0.147 e. The molecule has 1 aliphatic carbocycles. The molecule has 4 heteroatoms. The molecule has 2 rings (SSSR count). The molecule has 1 aromatic rings. The summed E-state index contributed by atoms with van der Waals surface area (Å²) in [6.07, 6.45) is 5.33. The van der Waals surface area contributed by atoms with Crippen LogP contribution in [0.15, 0.2) is 21.1 Å². The lowest BCUT2D eigenvalue weighted by Gasteiger charge is -2.21. The number of ether oxygens (including phenoxy) is 1. The average Bonchev–Trinajstić information content (AvgIpc) is 2.87. The van der Waals surface area contributed by atoms with Crippen LogP contribution in [0.1, 0.15) is 52.0 Å². The van der Waals surface area contributed by atoms with E-state index in [1.807, 2.05) is 0 Å². The minimum absolute atomic E-state index is 0.122. The van der Waals surface area contributed by atoms with Crippen LogP contribution in [-0.2, 0) is 6.54 Å². The summed E-state index contributed by atoms with van der Waals surface area (Å²) in [5.41, 5.74) is 1.37. The summed E-state index contributed by atoms with van der Waals surface area (Å²) in [6.45, 7) is 8.21. The van der Waals surface area contributed by atoms with Crippen molar-refractivity contribution in [1.29, 1.82) is 0 Å². The molecule has 1 saturated carbocycles. The lowest BCUT2D eigenvalue weighted by atomic mass is 10.1. The molecule has 2 nitrogen and oxygen atoms in total. The van der Waals surface area contributed by atoms with Gasteiger partial charge in [0.25, 0.3) is 0 Å². The van der Waals surface area contributed by atoms with Crippen molar-refractivity contribution >= 4 is 31.9 Å². The summed E-state index contributed by atoms with van der Waals surface area (Å²) in [7, 11) is 0. The first-order valence-corrected chi connectivity index (χ1v) is 9.29. The van der Waals surface area contributed by atoms with Gasteiger partial charge in [-0.1, -0.05) is 12.8 Å². The highest BCUT2D eigenvalue weighted by molar-refractivity contribution is 9.11. The molecule has 118 valence electrons. The van der Waals surface area contributed by atoms with Crippen LogP contribution < -0.4 is 10.1 Å². The third-order valence-electron chi connectivity index (χ3n) is 3.82. The van der Waals surface area contributed by atoms with Crippen molar-refractivity contribution in [3.63, 3.8) is 0 Å². The highest BCUT2D eigenvalue weighted by atomic mass is 79.9. The molecule has 0 atom stereocenters. The van der Waals surface area contributed by atoms with Crippen LogP contribution in [0.5, 0.6) is 5.75 Å². The van der Waals surface area contributed by atoms with Crippen LogP contribution in [0, 0.1) is 5.92 Å². The van der Waals surface area contributed by atoms with E-state index in [1.54, 1.807) is 0 Å². The van der Waals surface area contributed by atoms with Crippen LogP contribution in [0.2, 0.25) is 0 Å². The van der Waals surface area contributed by atoms with Gasteiger partial charge in [0.2, 0.25) is 0 Å². The largest absolute Gasteiger partial charge is 0.491 e. The predicted molar refractivity (Wildman–Crippen MR) is 95.9 cm³/mol. The topological polar surface area (TPSA) is 21.3 Å². The predicted octanol–water partition coefficient (Wildman–Crippen LogP) is 5.67. The molecule has 0 saturated heterocycles. The van der Waals surface area contributed by atoms with E-state index in [9.17, 15) is 0 Å². The van der Waals surface area contributed by atoms with Gasteiger partial charge in [-0.05, 0) is 89.1 Å². The van der Waals surface area contributed by atoms with Crippen molar-refractivity contribution in [1.82, 2.24) is 5.32 Å². The van der Waals surface area contributed by atoms with E-state index in [0.717, 1.165) is 33.8 Å². The third-order valence-corrected chi connectivity index (χ3v) is 5.00. The van der Waals surface area contributed by atoms with Gasteiger partial charge in [-0.15, -0.1) is 0 Å². The minimum atomic E-state index is 0.122. The van der Waals surface area contributed by atoms with Gasteiger partial charge < -0.3 is 10.1 Å². The summed E-state index contributed by atoms with van der Waals surface area (Å²) in [5.74, 6) is 1.66.